The van der Waals surface area contributed by atoms with Crippen LogP contribution in [0.2, 0.25) is 0 Å². The normalized spacial score (nSPS) is 10.6. The summed E-state index contributed by atoms with van der Waals surface area (Å²) >= 11 is 1.41. The van der Waals surface area contributed by atoms with Crippen LogP contribution >= 0.6 is 11.8 Å². The number of nitriles is 1. The van der Waals surface area contributed by atoms with Gasteiger partial charge in [-0.3, -0.25) is 14.2 Å². The zero-order valence-corrected chi connectivity index (χ0v) is 16.5. The SMILES string of the molecule is Cc1ccc(C)c(SCC(=O)OCc2nc3ccccc3c(=O)n2CC#N)c1. The highest BCUT2D eigenvalue weighted by molar-refractivity contribution is 8.00. The third-order valence-electron chi connectivity index (χ3n) is 4.22. The molecule has 0 spiro atoms. The molecule has 0 radical (unpaired) electrons. The van der Waals surface area contributed by atoms with Gasteiger partial charge in [-0.05, 0) is 37.6 Å². The van der Waals surface area contributed by atoms with Gasteiger partial charge >= 0.3 is 5.97 Å². The molecule has 0 atom stereocenters. The van der Waals surface area contributed by atoms with Crippen molar-refractivity contribution in [1.29, 1.82) is 5.26 Å². The molecule has 0 fully saturated rings. The van der Waals surface area contributed by atoms with Gasteiger partial charge in [-0.1, -0.05) is 29.8 Å². The van der Waals surface area contributed by atoms with E-state index in [0.29, 0.717) is 10.9 Å². The van der Waals surface area contributed by atoms with E-state index >= 15 is 0 Å². The number of aromatic nitrogens is 2. The molecule has 3 aromatic rings. The van der Waals surface area contributed by atoms with Crippen molar-refractivity contribution >= 4 is 28.6 Å². The van der Waals surface area contributed by atoms with Gasteiger partial charge in [-0.25, -0.2) is 4.98 Å². The van der Waals surface area contributed by atoms with E-state index in [9.17, 15) is 9.59 Å². The highest BCUT2D eigenvalue weighted by atomic mass is 32.2. The Labute approximate surface area is 166 Å². The zero-order valence-electron chi connectivity index (χ0n) is 15.6. The first-order valence-corrected chi connectivity index (χ1v) is 9.69. The van der Waals surface area contributed by atoms with Gasteiger partial charge in [0.15, 0.2) is 5.82 Å². The number of rotatable bonds is 6. The number of nitrogens with zero attached hydrogens (tertiary/aromatic N) is 3. The van der Waals surface area contributed by atoms with Crippen LogP contribution in [0.4, 0.5) is 0 Å². The molecule has 0 bridgehead atoms. The molecule has 0 saturated heterocycles. The zero-order chi connectivity index (χ0) is 20.1. The van der Waals surface area contributed by atoms with Crippen LogP contribution in [0.15, 0.2) is 52.2 Å². The van der Waals surface area contributed by atoms with Crippen LogP contribution in [0.3, 0.4) is 0 Å². The molecule has 6 nitrogen and oxygen atoms in total. The minimum atomic E-state index is -0.406. The van der Waals surface area contributed by atoms with Gasteiger partial charge in [0.25, 0.3) is 5.56 Å². The van der Waals surface area contributed by atoms with E-state index in [-0.39, 0.29) is 30.3 Å². The molecule has 1 heterocycles. The van der Waals surface area contributed by atoms with E-state index in [1.165, 1.54) is 16.3 Å². The summed E-state index contributed by atoms with van der Waals surface area (Å²) in [6.45, 7) is 3.68. The number of carbonyl (C=O) groups is 1. The Hall–Kier alpha value is -3.11. The molecule has 1 aromatic heterocycles. The van der Waals surface area contributed by atoms with Crippen molar-refractivity contribution in [3.8, 4) is 6.07 Å². The van der Waals surface area contributed by atoms with Gasteiger partial charge in [0.2, 0.25) is 0 Å². The Morgan fingerprint density at radius 1 is 1.25 bits per heavy atom. The number of benzene rings is 2. The summed E-state index contributed by atoms with van der Waals surface area (Å²) in [7, 11) is 0. The molecule has 0 aliphatic rings. The molecule has 7 heteroatoms. The second kappa shape index (κ2) is 8.72. The molecule has 2 aromatic carbocycles. The van der Waals surface area contributed by atoms with Crippen LogP contribution in [-0.4, -0.2) is 21.3 Å². The maximum Gasteiger partial charge on any atom is 0.316 e. The van der Waals surface area contributed by atoms with Crippen molar-refractivity contribution in [3.63, 3.8) is 0 Å². The van der Waals surface area contributed by atoms with E-state index in [0.717, 1.165) is 16.0 Å². The molecule has 0 unspecified atom stereocenters. The number of para-hydroxylation sites is 1. The van der Waals surface area contributed by atoms with Crippen molar-refractivity contribution in [1.82, 2.24) is 9.55 Å². The number of carbonyl (C=O) groups excluding carboxylic acids is 1. The molecule has 3 rings (SSSR count). The lowest BCUT2D eigenvalue weighted by Crippen LogP contribution is -2.26. The average Bonchev–Trinajstić information content (AvgIpc) is 2.69. The van der Waals surface area contributed by atoms with Gasteiger partial charge in [0.1, 0.15) is 13.2 Å². The third-order valence-corrected chi connectivity index (χ3v) is 5.35. The lowest BCUT2D eigenvalue weighted by atomic mass is 10.2. The number of aryl methyl sites for hydroxylation is 2. The summed E-state index contributed by atoms with van der Waals surface area (Å²) in [4.78, 5) is 30.2. The molecule has 0 aliphatic heterocycles. The van der Waals surface area contributed by atoms with Crippen molar-refractivity contribution in [2.24, 2.45) is 0 Å². The Balaban J connectivity index is 1.73. The lowest BCUT2D eigenvalue weighted by molar-refractivity contribution is -0.142. The summed E-state index contributed by atoms with van der Waals surface area (Å²) in [5.74, 6) is 0.00698. The van der Waals surface area contributed by atoms with Crippen molar-refractivity contribution < 1.29 is 9.53 Å². The number of fused-ring (bicyclic) bond motifs is 1. The Morgan fingerprint density at radius 2 is 2.04 bits per heavy atom. The second-order valence-electron chi connectivity index (χ2n) is 6.31. The summed E-state index contributed by atoms with van der Waals surface area (Å²) in [6.07, 6.45) is 0. The Kier molecular flexibility index (Phi) is 6.12. The Bertz CT molecular complexity index is 1130. The second-order valence-corrected chi connectivity index (χ2v) is 7.33. The predicted molar refractivity (Wildman–Crippen MR) is 108 cm³/mol. The van der Waals surface area contributed by atoms with Crippen LogP contribution in [0.5, 0.6) is 0 Å². The van der Waals surface area contributed by atoms with Gasteiger partial charge in [-0.2, -0.15) is 5.26 Å². The molecule has 0 saturated carbocycles. The fraction of sp³-hybridized carbons (Fsp3) is 0.238. The van der Waals surface area contributed by atoms with Crippen molar-refractivity contribution in [2.75, 3.05) is 5.75 Å². The number of ether oxygens (including phenoxy) is 1. The van der Waals surface area contributed by atoms with E-state index in [2.05, 4.69) is 4.98 Å². The molecule has 28 heavy (non-hydrogen) atoms. The molecular weight excluding hydrogens is 374 g/mol. The van der Waals surface area contributed by atoms with E-state index in [4.69, 9.17) is 10.00 Å². The standard InChI is InChI=1S/C21H19N3O3S/c1-14-7-8-15(2)18(11-14)28-13-20(25)27-12-19-23-17-6-4-3-5-16(17)21(26)24(19)10-9-22/h3-8,11H,10,12-13H2,1-2H3. The number of esters is 1. The topological polar surface area (TPSA) is 85.0 Å². The van der Waals surface area contributed by atoms with Crippen LogP contribution < -0.4 is 5.56 Å². The van der Waals surface area contributed by atoms with Gasteiger partial charge < -0.3 is 4.74 Å². The summed E-state index contributed by atoms with van der Waals surface area (Å²) in [5.41, 5.74) is 2.42. The molecular formula is C21H19N3O3S. The van der Waals surface area contributed by atoms with Crippen LogP contribution in [-0.2, 0) is 22.7 Å². The summed E-state index contributed by atoms with van der Waals surface area (Å²) in [6, 6.07) is 14.9. The lowest BCUT2D eigenvalue weighted by Gasteiger charge is -2.11. The van der Waals surface area contributed by atoms with Crippen LogP contribution in [0.25, 0.3) is 10.9 Å². The minimum Gasteiger partial charge on any atom is -0.457 e. The van der Waals surface area contributed by atoms with E-state index in [1.54, 1.807) is 24.3 Å². The monoisotopic (exact) mass is 393 g/mol. The van der Waals surface area contributed by atoms with Crippen molar-refractivity contribution in [3.05, 3.63) is 69.8 Å². The maximum atomic E-state index is 12.6. The molecule has 142 valence electrons. The van der Waals surface area contributed by atoms with E-state index < -0.39 is 5.97 Å². The molecule has 0 amide bonds. The average molecular weight is 393 g/mol. The first-order valence-electron chi connectivity index (χ1n) is 8.70. The Morgan fingerprint density at radius 3 is 2.82 bits per heavy atom. The summed E-state index contributed by atoms with van der Waals surface area (Å²) < 4.78 is 6.56. The van der Waals surface area contributed by atoms with Gasteiger partial charge in [0, 0.05) is 4.90 Å². The maximum absolute atomic E-state index is 12.6. The highest BCUT2D eigenvalue weighted by Crippen LogP contribution is 2.23. The van der Waals surface area contributed by atoms with E-state index in [1.807, 2.05) is 38.1 Å². The predicted octanol–water partition coefficient (Wildman–Crippen LogP) is 3.37. The first kappa shape index (κ1) is 19.6. The number of hydrogen-bond acceptors (Lipinski definition) is 6. The fourth-order valence-electron chi connectivity index (χ4n) is 2.74. The van der Waals surface area contributed by atoms with Crippen LogP contribution in [0, 0.1) is 25.2 Å². The molecule has 0 N–H and O–H groups in total. The quantitative estimate of drug-likeness (QED) is 0.471. The third kappa shape index (κ3) is 4.41. The summed E-state index contributed by atoms with van der Waals surface area (Å²) in [5, 5.41) is 9.46. The highest BCUT2D eigenvalue weighted by Gasteiger charge is 2.13. The first-order chi connectivity index (χ1) is 13.5. The number of thioether (sulfide) groups is 1. The number of hydrogen-bond donors (Lipinski definition) is 0. The molecule has 0 aliphatic carbocycles. The largest absolute Gasteiger partial charge is 0.457 e. The van der Waals surface area contributed by atoms with Crippen LogP contribution in [0.1, 0.15) is 17.0 Å². The smallest absolute Gasteiger partial charge is 0.316 e. The van der Waals surface area contributed by atoms with Gasteiger partial charge in [-0.15, -0.1) is 11.8 Å². The fourth-order valence-corrected chi connectivity index (χ4v) is 3.67. The van der Waals surface area contributed by atoms with Gasteiger partial charge in [0.05, 0.1) is 22.7 Å². The van der Waals surface area contributed by atoms with Crippen molar-refractivity contribution in [2.45, 2.75) is 31.9 Å². The minimum absolute atomic E-state index is 0.152.